The van der Waals surface area contributed by atoms with E-state index in [1.807, 2.05) is 6.26 Å². The summed E-state index contributed by atoms with van der Waals surface area (Å²) in [5, 5.41) is 3.28. The van der Waals surface area contributed by atoms with Crippen molar-refractivity contribution in [1.29, 1.82) is 0 Å². The van der Waals surface area contributed by atoms with Crippen LogP contribution in [0.5, 0.6) is 0 Å². The number of furan rings is 1. The second-order valence-corrected chi connectivity index (χ2v) is 7.21. The number of halogens is 2. The molecule has 1 amide bonds. The van der Waals surface area contributed by atoms with Crippen molar-refractivity contribution in [3.8, 4) is 11.6 Å². The largest absolute Gasteiger partial charge is 0.461 e. The molecular weight excluding hydrogens is 392 g/mol. The first-order valence-electron chi connectivity index (χ1n) is 7.80. The van der Waals surface area contributed by atoms with Gasteiger partial charge in [-0.3, -0.25) is 4.79 Å². The zero-order valence-electron chi connectivity index (χ0n) is 14.4. The third kappa shape index (κ3) is 4.67. The molecule has 3 aromatic rings. The molecule has 0 radical (unpaired) electrons. The predicted molar refractivity (Wildman–Crippen MR) is 103 cm³/mol. The van der Waals surface area contributed by atoms with Crippen molar-refractivity contribution in [2.45, 2.75) is 22.6 Å². The van der Waals surface area contributed by atoms with Crippen LogP contribution >= 0.6 is 23.5 Å². The quantitative estimate of drug-likeness (QED) is 0.440. The van der Waals surface area contributed by atoms with Gasteiger partial charge in [0, 0.05) is 10.6 Å². The van der Waals surface area contributed by atoms with E-state index in [1.165, 1.54) is 30.2 Å². The highest BCUT2D eigenvalue weighted by Crippen LogP contribution is 2.28. The molecule has 0 aliphatic carbocycles. The van der Waals surface area contributed by atoms with Crippen LogP contribution in [0.2, 0.25) is 0 Å². The molecule has 140 valence electrons. The van der Waals surface area contributed by atoms with Gasteiger partial charge < -0.3 is 9.73 Å². The van der Waals surface area contributed by atoms with Crippen LogP contribution in [-0.4, -0.2) is 27.9 Å². The van der Waals surface area contributed by atoms with E-state index in [0.717, 1.165) is 0 Å². The molecule has 0 aliphatic rings. The lowest BCUT2D eigenvalue weighted by Gasteiger charge is -2.12. The van der Waals surface area contributed by atoms with Gasteiger partial charge in [0.1, 0.15) is 5.03 Å². The summed E-state index contributed by atoms with van der Waals surface area (Å²) in [6.07, 6.45) is 3.35. The van der Waals surface area contributed by atoms with E-state index in [-0.39, 0.29) is 5.91 Å². The molecule has 0 bridgehead atoms. The number of rotatable bonds is 6. The zero-order chi connectivity index (χ0) is 19.4. The molecule has 0 fully saturated rings. The number of nitrogens with one attached hydrogen (secondary N) is 1. The second kappa shape index (κ2) is 8.53. The Hall–Kier alpha value is -2.39. The van der Waals surface area contributed by atoms with Gasteiger partial charge in [-0.25, -0.2) is 9.97 Å². The first-order chi connectivity index (χ1) is 13.0. The minimum absolute atomic E-state index is 0.364. The smallest absolute Gasteiger partial charge is 0.288 e. The van der Waals surface area contributed by atoms with Crippen molar-refractivity contribution >= 4 is 35.1 Å². The number of carbonyl (C=O) groups is 1. The summed E-state index contributed by atoms with van der Waals surface area (Å²) in [6.45, 7) is 1.73. The van der Waals surface area contributed by atoms with E-state index in [9.17, 15) is 13.6 Å². The van der Waals surface area contributed by atoms with Crippen molar-refractivity contribution < 1.29 is 18.0 Å². The highest BCUT2D eigenvalue weighted by molar-refractivity contribution is 7.99. The number of carbonyl (C=O) groups excluding carboxylic acids is 1. The maximum absolute atomic E-state index is 12.7. The van der Waals surface area contributed by atoms with E-state index in [1.54, 1.807) is 31.2 Å². The predicted octanol–water partition coefficient (Wildman–Crippen LogP) is 5.33. The lowest BCUT2D eigenvalue weighted by Crippen LogP contribution is -2.16. The lowest BCUT2D eigenvalue weighted by molar-refractivity contribution is 0.102. The highest BCUT2D eigenvalue weighted by atomic mass is 32.2. The van der Waals surface area contributed by atoms with Crippen LogP contribution in [0.1, 0.15) is 16.1 Å². The summed E-state index contributed by atoms with van der Waals surface area (Å²) >= 11 is 1.78. The molecule has 0 unspecified atom stereocenters. The third-order valence-electron chi connectivity index (χ3n) is 3.56. The Morgan fingerprint density at radius 2 is 1.93 bits per heavy atom. The Bertz CT molecular complexity index is 933. The van der Waals surface area contributed by atoms with Gasteiger partial charge in [0.15, 0.2) is 11.6 Å². The summed E-state index contributed by atoms with van der Waals surface area (Å²) in [5.74, 6) is -1.92. The number of amides is 1. The number of alkyl halides is 2. The van der Waals surface area contributed by atoms with Crippen LogP contribution in [0, 0.1) is 6.92 Å². The number of anilines is 1. The fraction of sp³-hybridized carbons (Fsp3) is 0.167. The van der Waals surface area contributed by atoms with Crippen molar-refractivity contribution in [2.24, 2.45) is 0 Å². The molecule has 9 heteroatoms. The molecule has 3 rings (SSSR count). The Balaban J connectivity index is 1.84. The molecule has 1 aromatic carbocycles. The fourth-order valence-corrected chi connectivity index (χ4v) is 3.51. The van der Waals surface area contributed by atoms with Crippen LogP contribution < -0.4 is 5.32 Å². The summed E-state index contributed by atoms with van der Waals surface area (Å²) in [4.78, 5) is 21.9. The Morgan fingerprint density at radius 1 is 1.19 bits per heavy atom. The molecular formula is C18H15F2N3O2S2. The van der Waals surface area contributed by atoms with Crippen molar-refractivity contribution in [2.75, 3.05) is 11.6 Å². The third-order valence-corrected chi connectivity index (χ3v) is 4.96. The minimum atomic E-state index is -2.48. The molecule has 27 heavy (non-hydrogen) atoms. The summed E-state index contributed by atoms with van der Waals surface area (Å²) < 4.78 is 30.1. The molecule has 0 aliphatic heterocycles. The molecule has 0 spiro atoms. The fourth-order valence-electron chi connectivity index (χ4n) is 2.39. The Morgan fingerprint density at radius 3 is 2.52 bits per heavy atom. The Labute approximate surface area is 163 Å². The number of benzene rings is 1. The van der Waals surface area contributed by atoms with Crippen molar-refractivity contribution in [1.82, 2.24) is 9.97 Å². The van der Waals surface area contributed by atoms with Gasteiger partial charge in [-0.2, -0.15) is 8.78 Å². The van der Waals surface area contributed by atoms with Crippen LogP contribution in [0.25, 0.3) is 11.6 Å². The zero-order valence-corrected chi connectivity index (χ0v) is 16.0. The van der Waals surface area contributed by atoms with Crippen LogP contribution in [0.4, 0.5) is 14.5 Å². The number of aryl methyl sites for hydroxylation is 1. The first-order valence-corrected chi connectivity index (χ1v) is 9.91. The van der Waals surface area contributed by atoms with Crippen LogP contribution in [0.3, 0.4) is 0 Å². The lowest BCUT2D eigenvalue weighted by atomic mass is 10.2. The normalized spacial score (nSPS) is 11.0. The van der Waals surface area contributed by atoms with Crippen molar-refractivity contribution in [3.05, 3.63) is 53.9 Å². The molecule has 0 saturated carbocycles. The summed E-state index contributed by atoms with van der Waals surface area (Å²) in [6, 6.07) is 9.71. The molecule has 1 N–H and O–H groups in total. The van der Waals surface area contributed by atoms with E-state index < -0.39 is 5.76 Å². The summed E-state index contributed by atoms with van der Waals surface area (Å²) in [5.41, 5.74) is 1.38. The number of hydrogen-bond donors (Lipinski definition) is 1. The van der Waals surface area contributed by atoms with E-state index in [2.05, 4.69) is 15.3 Å². The van der Waals surface area contributed by atoms with Gasteiger partial charge in [-0.1, -0.05) is 11.8 Å². The van der Waals surface area contributed by atoms with Crippen LogP contribution in [0.15, 0.2) is 57.0 Å². The topological polar surface area (TPSA) is 68.0 Å². The number of hydrogen-bond acceptors (Lipinski definition) is 6. The molecule has 0 saturated heterocycles. The molecule has 2 aromatic heterocycles. The maximum Gasteiger partial charge on any atom is 0.288 e. The number of thioether (sulfide) groups is 2. The standard InChI is InChI=1S/C18H15F2N3O2S2/c1-10-14(17(26-2)23-15(21-10)13-4-3-9-25-13)16(24)22-11-5-7-12(8-6-11)27-18(19)20/h3-9,18H,1-2H3,(H,22,24). The molecule has 2 heterocycles. The number of aromatic nitrogens is 2. The molecule has 0 atom stereocenters. The Kier molecular flexibility index (Phi) is 6.12. The van der Waals surface area contributed by atoms with E-state index in [0.29, 0.717) is 50.2 Å². The second-order valence-electron chi connectivity index (χ2n) is 5.35. The van der Waals surface area contributed by atoms with Gasteiger partial charge >= 0.3 is 0 Å². The average Bonchev–Trinajstić information content (AvgIpc) is 3.16. The molecule has 5 nitrogen and oxygen atoms in total. The van der Waals surface area contributed by atoms with Gasteiger partial charge in [0.2, 0.25) is 0 Å². The van der Waals surface area contributed by atoms with Gasteiger partial charge in [-0.15, -0.1) is 11.8 Å². The SMILES string of the molecule is CSc1nc(-c2ccco2)nc(C)c1C(=O)Nc1ccc(SC(F)F)cc1. The van der Waals surface area contributed by atoms with Crippen LogP contribution in [-0.2, 0) is 0 Å². The van der Waals surface area contributed by atoms with Crippen molar-refractivity contribution in [3.63, 3.8) is 0 Å². The monoisotopic (exact) mass is 407 g/mol. The number of nitrogens with zero attached hydrogens (tertiary/aromatic N) is 2. The highest BCUT2D eigenvalue weighted by Gasteiger charge is 2.20. The van der Waals surface area contributed by atoms with Gasteiger partial charge in [-0.05, 0) is 49.6 Å². The van der Waals surface area contributed by atoms with E-state index >= 15 is 0 Å². The van der Waals surface area contributed by atoms with E-state index in [4.69, 9.17) is 4.42 Å². The maximum atomic E-state index is 12.7. The van der Waals surface area contributed by atoms with Gasteiger partial charge in [0.05, 0.1) is 17.5 Å². The average molecular weight is 407 g/mol. The van der Waals surface area contributed by atoms with Gasteiger partial charge in [0.25, 0.3) is 11.7 Å². The minimum Gasteiger partial charge on any atom is -0.461 e. The summed E-state index contributed by atoms with van der Waals surface area (Å²) in [7, 11) is 0. The first kappa shape index (κ1) is 19.4.